The fraction of sp³-hybridized carbons (Fsp3) is 0.458. The van der Waals surface area contributed by atoms with Crippen LogP contribution in [0.15, 0.2) is 42.5 Å². The van der Waals surface area contributed by atoms with Crippen LogP contribution in [0, 0.1) is 13.8 Å². The molecule has 1 aliphatic rings. The molecule has 3 aromatic rings. The van der Waals surface area contributed by atoms with Crippen molar-refractivity contribution >= 4 is 11.0 Å². The molecule has 1 aliphatic heterocycles. The summed E-state index contributed by atoms with van der Waals surface area (Å²) in [4.78, 5) is 7.50. The second-order valence-electron chi connectivity index (χ2n) is 7.92. The first-order chi connectivity index (χ1) is 13.7. The van der Waals surface area contributed by atoms with Crippen molar-refractivity contribution < 1.29 is 4.74 Å². The molecular formula is C24H31N3O. The van der Waals surface area contributed by atoms with Crippen molar-refractivity contribution in [2.45, 2.75) is 46.1 Å². The predicted octanol–water partition coefficient (Wildman–Crippen LogP) is 4.76. The lowest BCUT2D eigenvalue weighted by Gasteiger charge is -2.15. The summed E-state index contributed by atoms with van der Waals surface area (Å²) < 4.78 is 8.40. The average Bonchev–Trinajstić information content (AvgIpc) is 3.33. The number of aromatic nitrogens is 2. The van der Waals surface area contributed by atoms with Crippen LogP contribution < -0.4 is 4.74 Å². The Morgan fingerprint density at radius 2 is 1.79 bits per heavy atom. The van der Waals surface area contributed by atoms with Gasteiger partial charge in [-0.15, -0.1) is 0 Å². The molecular weight excluding hydrogens is 346 g/mol. The Kier molecular flexibility index (Phi) is 5.96. The lowest BCUT2D eigenvalue weighted by Crippen LogP contribution is -2.21. The Labute approximate surface area is 168 Å². The Bertz CT molecular complexity index is 925. The summed E-state index contributed by atoms with van der Waals surface area (Å²) in [7, 11) is 0. The maximum atomic E-state index is 6.05. The van der Waals surface area contributed by atoms with Gasteiger partial charge in [0.2, 0.25) is 0 Å². The quantitative estimate of drug-likeness (QED) is 0.567. The number of aryl methyl sites for hydroxylation is 3. The number of fused-ring (bicyclic) bond motifs is 1. The summed E-state index contributed by atoms with van der Waals surface area (Å²) in [5.74, 6) is 2.13. The molecule has 2 heterocycles. The lowest BCUT2D eigenvalue weighted by molar-refractivity contribution is 0.296. The van der Waals surface area contributed by atoms with Crippen molar-refractivity contribution in [2.75, 3.05) is 26.2 Å². The summed E-state index contributed by atoms with van der Waals surface area (Å²) in [6, 6.07) is 14.8. The smallest absolute Gasteiger partial charge is 0.119 e. The highest BCUT2D eigenvalue weighted by atomic mass is 16.5. The molecule has 0 spiro atoms. The molecule has 4 nitrogen and oxygen atoms in total. The zero-order valence-corrected chi connectivity index (χ0v) is 17.2. The number of ether oxygens (including phenoxy) is 1. The number of likely N-dealkylation sites (tertiary alicyclic amines) is 1. The van der Waals surface area contributed by atoms with E-state index in [1.807, 2.05) is 0 Å². The van der Waals surface area contributed by atoms with Gasteiger partial charge in [-0.05, 0) is 88.1 Å². The standard InChI is InChI=1S/C24H31N3O/c1-19-11-12-21(18-20(19)2)28-17-16-27-23-9-4-3-8-22(23)25-24(27)10-7-15-26-13-5-6-14-26/h3-4,8-9,11-12,18H,5-7,10,13-17H2,1-2H3. The fourth-order valence-electron chi connectivity index (χ4n) is 4.09. The second-order valence-corrected chi connectivity index (χ2v) is 7.92. The van der Waals surface area contributed by atoms with Gasteiger partial charge in [0.25, 0.3) is 0 Å². The molecule has 0 bridgehead atoms. The molecule has 0 N–H and O–H groups in total. The van der Waals surface area contributed by atoms with E-state index in [1.54, 1.807) is 0 Å². The molecule has 0 amide bonds. The monoisotopic (exact) mass is 377 g/mol. The molecule has 2 aromatic carbocycles. The van der Waals surface area contributed by atoms with Crippen LogP contribution in [0.25, 0.3) is 11.0 Å². The van der Waals surface area contributed by atoms with Crippen molar-refractivity contribution in [3.63, 3.8) is 0 Å². The van der Waals surface area contributed by atoms with Gasteiger partial charge in [-0.1, -0.05) is 18.2 Å². The van der Waals surface area contributed by atoms with Gasteiger partial charge >= 0.3 is 0 Å². The number of nitrogens with zero attached hydrogens (tertiary/aromatic N) is 3. The third-order valence-corrected chi connectivity index (χ3v) is 5.87. The highest BCUT2D eigenvalue weighted by molar-refractivity contribution is 5.75. The summed E-state index contributed by atoms with van der Waals surface area (Å²) in [5, 5.41) is 0. The molecule has 4 heteroatoms. The van der Waals surface area contributed by atoms with Crippen LogP contribution in [0.5, 0.6) is 5.75 Å². The van der Waals surface area contributed by atoms with Crippen LogP contribution in [0.1, 0.15) is 36.2 Å². The van der Waals surface area contributed by atoms with Crippen molar-refractivity contribution in [2.24, 2.45) is 0 Å². The van der Waals surface area contributed by atoms with E-state index in [9.17, 15) is 0 Å². The number of imidazole rings is 1. The van der Waals surface area contributed by atoms with E-state index in [0.717, 1.165) is 24.2 Å². The molecule has 1 saturated heterocycles. The third-order valence-electron chi connectivity index (χ3n) is 5.87. The Balaban J connectivity index is 1.42. The van der Waals surface area contributed by atoms with E-state index in [0.29, 0.717) is 6.61 Å². The minimum Gasteiger partial charge on any atom is -0.492 e. The molecule has 0 saturated carbocycles. The van der Waals surface area contributed by atoms with Crippen molar-refractivity contribution in [1.29, 1.82) is 0 Å². The van der Waals surface area contributed by atoms with Gasteiger partial charge < -0.3 is 14.2 Å². The van der Waals surface area contributed by atoms with Gasteiger partial charge in [-0.2, -0.15) is 0 Å². The van der Waals surface area contributed by atoms with E-state index in [-0.39, 0.29) is 0 Å². The first kappa shape index (κ1) is 19.0. The van der Waals surface area contributed by atoms with Crippen molar-refractivity contribution in [1.82, 2.24) is 14.5 Å². The summed E-state index contributed by atoms with van der Waals surface area (Å²) >= 11 is 0. The third kappa shape index (κ3) is 4.39. The predicted molar refractivity (Wildman–Crippen MR) is 115 cm³/mol. The van der Waals surface area contributed by atoms with E-state index in [2.05, 4.69) is 65.8 Å². The Hall–Kier alpha value is -2.33. The number of para-hydroxylation sites is 2. The zero-order valence-electron chi connectivity index (χ0n) is 17.2. The molecule has 1 fully saturated rings. The molecule has 148 valence electrons. The number of benzene rings is 2. The van der Waals surface area contributed by atoms with Crippen LogP contribution >= 0.6 is 0 Å². The van der Waals surface area contributed by atoms with Crippen molar-refractivity contribution in [3.8, 4) is 5.75 Å². The number of hydrogen-bond acceptors (Lipinski definition) is 3. The first-order valence-corrected chi connectivity index (χ1v) is 10.6. The van der Waals surface area contributed by atoms with Crippen LogP contribution in [-0.2, 0) is 13.0 Å². The molecule has 4 rings (SSSR count). The van der Waals surface area contributed by atoms with Gasteiger partial charge in [-0.3, -0.25) is 0 Å². The highest BCUT2D eigenvalue weighted by Gasteiger charge is 2.13. The van der Waals surface area contributed by atoms with Crippen LogP contribution in [0.4, 0.5) is 0 Å². The largest absolute Gasteiger partial charge is 0.492 e. The highest BCUT2D eigenvalue weighted by Crippen LogP contribution is 2.19. The lowest BCUT2D eigenvalue weighted by atomic mass is 10.1. The number of hydrogen-bond donors (Lipinski definition) is 0. The first-order valence-electron chi connectivity index (χ1n) is 10.6. The summed E-state index contributed by atoms with van der Waals surface area (Å²) in [6.07, 6.45) is 4.90. The summed E-state index contributed by atoms with van der Waals surface area (Å²) in [5.41, 5.74) is 4.87. The van der Waals surface area contributed by atoms with Crippen LogP contribution in [-0.4, -0.2) is 40.7 Å². The minimum absolute atomic E-state index is 0.655. The van der Waals surface area contributed by atoms with Gasteiger partial charge in [0, 0.05) is 6.42 Å². The van der Waals surface area contributed by atoms with Gasteiger partial charge in [-0.25, -0.2) is 4.98 Å². The molecule has 1 aromatic heterocycles. The molecule has 0 unspecified atom stereocenters. The van der Waals surface area contributed by atoms with Crippen LogP contribution in [0.2, 0.25) is 0 Å². The molecule has 0 radical (unpaired) electrons. The fourth-order valence-corrected chi connectivity index (χ4v) is 4.09. The maximum absolute atomic E-state index is 6.05. The van der Waals surface area contributed by atoms with Crippen LogP contribution in [0.3, 0.4) is 0 Å². The SMILES string of the molecule is Cc1ccc(OCCn2c(CCCN3CCCC3)nc3ccccc32)cc1C. The summed E-state index contributed by atoms with van der Waals surface area (Å²) in [6.45, 7) is 9.45. The molecule has 28 heavy (non-hydrogen) atoms. The van der Waals surface area contributed by atoms with Crippen molar-refractivity contribution in [3.05, 3.63) is 59.4 Å². The van der Waals surface area contributed by atoms with E-state index < -0.39 is 0 Å². The van der Waals surface area contributed by atoms with E-state index in [4.69, 9.17) is 9.72 Å². The molecule has 0 atom stereocenters. The average molecular weight is 378 g/mol. The maximum Gasteiger partial charge on any atom is 0.119 e. The topological polar surface area (TPSA) is 30.3 Å². The van der Waals surface area contributed by atoms with Gasteiger partial charge in [0.15, 0.2) is 0 Å². The minimum atomic E-state index is 0.655. The molecule has 0 aliphatic carbocycles. The normalized spacial score (nSPS) is 14.8. The Morgan fingerprint density at radius 3 is 2.61 bits per heavy atom. The second kappa shape index (κ2) is 8.78. The van der Waals surface area contributed by atoms with Gasteiger partial charge in [0.05, 0.1) is 17.6 Å². The van der Waals surface area contributed by atoms with E-state index >= 15 is 0 Å². The number of rotatable bonds is 8. The Morgan fingerprint density at radius 1 is 0.964 bits per heavy atom. The van der Waals surface area contributed by atoms with Gasteiger partial charge in [0.1, 0.15) is 18.2 Å². The zero-order chi connectivity index (χ0) is 19.3. The van der Waals surface area contributed by atoms with E-state index in [1.165, 1.54) is 61.4 Å².